The van der Waals surface area contributed by atoms with Gasteiger partial charge in [0.1, 0.15) is 0 Å². The fourth-order valence-electron chi connectivity index (χ4n) is 3.05. The molecule has 130 valence electrons. The van der Waals surface area contributed by atoms with E-state index < -0.39 is 0 Å². The van der Waals surface area contributed by atoms with Crippen molar-refractivity contribution in [1.82, 2.24) is 10.2 Å². The average molecular weight is 357 g/mol. The highest BCUT2D eigenvalue weighted by molar-refractivity contribution is 6.30. The van der Waals surface area contributed by atoms with E-state index in [0.717, 1.165) is 25.9 Å². The van der Waals surface area contributed by atoms with Crippen LogP contribution in [0.1, 0.15) is 39.1 Å². The van der Waals surface area contributed by atoms with Gasteiger partial charge in [-0.15, -0.1) is 0 Å². The van der Waals surface area contributed by atoms with E-state index >= 15 is 0 Å². The molecule has 0 radical (unpaired) electrons. The van der Waals surface area contributed by atoms with Crippen molar-refractivity contribution in [3.05, 3.63) is 70.2 Å². The molecule has 0 bridgehead atoms. The van der Waals surface area contributed by atoms with Gasteiger partial charge in [-0.3, -0.25) is 9.59 Å². The molecule has 1 amide bonds. The molecule has 0 aliphatic carbocycles. The first kappa shape index (κ1) is 17.6. The number of ketones is 1. The molecule has 0 aromatic heterocycles. The highest BCUT2D eigenvalue weighted by atomic mass is 35.5. The molecule has 0 atom stereocenters. The molecule has 1 aliphatic heterocycles. The van der Waals surface area contributed by atoms with Crippen LogP contribution in [-0.2, 0) is 0 Å². The molecule has 1 N–H and O–H groups in total. The Morgan fingerprint density at radius 1 is 1.00 bits per heavy atom. The first-order valence-corrected chi connectivity index (χ1v) is 8.81. The zero-order valence-corrected chi connectivity index (χ0v) is 14.9. The second kappa shape index (κ2) is 7.81. The van der Waals surface area contributed by atoms with Crippen LogP contribution >= 0.6 is 11.6 Å². The number of nitrogens with one attached hydrogen (secondary N) is 1. The Kier molecular flexibility index (Phi) is 5.51. The molecule has 1 fully saturated rings. The number of likely N-dealkylation sites (tertiary alicyclic amines) is 1. The van der Waals surface area contributed by atoms with Crippen molar-refractivity contribution in [2.45, 2.75) is 18.9 Å². The van der Waals surface area contributed by atoms with Gasteiger partial charge in [-0.1, -0.05) is 29.8 Å². The molecule has 0 unspecified atom stereocenters. The van der Waals surface area contributed by atoms with Crippen LogP contribution in [0.2, 0.25) is 5.02 Å². The molecule has 5 heteroatoms. The van der Waals surface area contributed by atoms with Crippen molar-refractivity contribution in [2.75, 3.05) is 20.1 Å². The number of carbonyl (C=O) groups is 2. The van der Waals surface area contributed by atoms with E-state index in [1.165, 1.54) is 0 Å². The number of hydrogen-bond donors (Lipinski definition) is 1. The summed E-state index contributed by atoms with van der Waals surface area (Å²) in [5.74, 6) is -0.363. The summed E-state index contributed by atoms with van der Waals surface area (Å²) in [4.78, 5) is 27.7. The Morgan fingerprint density at radius 2 is 1.60 bits per heavy atom. The van der Waals surface area contributed by atoms with Crippen LogP contribution in [0.15, 0.2) is 48.5 Å². The predicted molar refractivity (Wildman–Crippen MR) is 99.3 cm³/mol. The van der Waals surface area contributed by atoms with Crippen molar-refractivity contribution in [2.24, 2.45) is 0 Å². The molecule has 3 rings (SSSR count). The minimum absolute atomic E-state index is 0.155. The van der Waals surface area contributed by atoms with Crippen LogP contribution < -0.4 is 5.32 Å². The van der Waals surface area contributed by atoms with Gasteiger partial charge >= 0.3 is 0 Å². The molecule has 2 aromatic rings. The van der Waals surface area contributed by atoms with Crippen LogP contribution in [0.4, 0.5) is 0 Å². The topological polar surface area (TPSA) is 49.4 Å². The fraction of sp³-hybridized carbons (Fsp3) is 0.300. The molecule has 0 spiro atoms. The third kappa shape index (κ3) is 4.27. The van der Waals surface area contributed by atoms with Crippen LogP contribution in [-0.4, -0.2) is 42.8 Å². The maximum absolute atomic E-state index is 12.8. The number of carbonyl (C=O) groups excluding carboxylic acids is 2. The number of benzene rings is 2. The summed E-state index contributed by atoms with van der Waals surface area (Å²) in [6, 6.07) is 13.8. The minimum Gasteiger partial charge on any atom is -0.349 e. The van der Waals surface area contributed by atoms with Gasteiger partial charge in [0.2, 0.25) is 0 Å². The smallest absolute Gasteiger partial charge is 0.252 e. The van der Waals surface area contributed by atoms with Gasteiger partial charge in [-0.25, -0.2) is 0 Å². The van der Waals surface area contributed by atoms with Gasteiger partial charge in [0, 0.05) is 22.2 Å². The second-order valence-corrected chi connectivity index (χ2v) is 6.87. The van der Waals surface area contributed by atoms with Crippen molar-refractivity contribution in [3.8, 4) is 0 Å². The SMILES string of the molecule is CN1CCC(NC(=O)c2ccccc2C(=O)c2ccc(Cl)cc2)CC1. The standard InChI is InChI=1S/C20H21ClN2O2/c1-23-12-10-16(11-13-23)22-20(25)18-5-3-2-4-17(18)19(24)14-6-8-15(21)9-7-14/h2-9,16H,10-13H2,1H3,(H,22,25). The summed E-state index contributed by atoms with van der Waals surface area (Å²) in [6.07, 6.45) is 1.85. The molecule has 4 nitrogen and oxygen atoms in total. The summed E-state index contributed by atoms with van der Waals surface area (Å²) in [5.41, 5.74) is 1.35. The number of nitrogens with zero attached hydrogens (tertiary/aromatic N) is 1. The minimum atomic E-state index is -0.188. The van der Waals surface area contributed by atoms with Gasteiger partial charge in [0.25, 0.3) is 5.91 Å². The predicted octanol–water partition coefficient (Wildman–Crippen LogP) is 3.40. The van der Waals surface area contributed by atoms with Crippen LogP contribution in [0.5, 0.6) is 0 Å². The first-order chi connectivity index (χ1) is 12.0. The first-order valence-electron chi connectivity index (χ1n) is 8.43. The Bertz CT molecular complexity index is 766. The van der Waals surface area contributed by atoms with Gasteiger partial charge < -0.3 is 10.2 Å². The van der Waals surface area contributed by atoms with Gasteiger partial charge in [-0.05, 0) is 63.3 Å². The zero-order valence-electron chi connectivity index (χ0n) is 14.2. The van der Waals surface area contributed by atoms with E-state index in [2.05, 4.69) is 17.3 Å². The van der Waals surface area contributed by atoms with Gasteiger partial charge in [0.15, 0.2) is 5.78 Å². The second-order valence-electron chi connectivity index (χ2n) is 6.43. The maximum atomic E-state index is 12.8. The van der Waals surface area contributed by atoms with Crippen LogP contribution in [0.25, 0.3) is 0 Å². The maximum Gasteiger partial charge on any atom is 0.252 e. The highest BCUT2D eigenvalue weighted by Gasteiger charge is 2.22. The Labute approximate surface area is 152 Å². The molecular weight excluding hydrogens is 336 g/mol. The summed E-state index contributed by atoms with van der Waals surface area (Å²) >= 11 is 5.88. The summed E-state index contributed by atoms with van der Waals surface area (Å²) in [6.45, 7) is 1.94. The van der Waals surface area contributed by atoms with E-state index in [1.807, 2.05) is 0 Å². The number of piperidine rings is 1. The monoisotopic (exact) mass is 356 g/mol. The van der Waals surface area contributed by atoms with Crippen molar-refractivity contribution in [3.63, 3.8) is 0 Å². The molecular formula is C20H21ClN2O2. The molecule has 0 saturated carbocycles. The number of halogens is 1. The fourth-order valence-corrected chi connectivity index (χ4v) is 3.18. The number of rotatable bonds is 4. The van der Waals surface area contributed by atoms with Crippen molar-refractivity contribution < 1.29 is 9.59 Å². The number of amides is 1. The summed E-state index contributed by atoms with van der Waals surface area (Å²) in [5, 5.41) is 3.65. The molecule has 1 saturated heterocycles. The Morgan fingerprint density at radius 3 is 2.24 bits per heavy atom. The van der Waals surface area contributed by atoms with Crippen molar-refractivity contribution >= 4 is 23.3 Å². The largest absolute Gasteiger partial charge is 0.349 e. The molecule has 2 aromatic carbocycles. The van der Waals surface area contributed by atoms with E-state index in [9.17, 15) is 9.59 Å². The van der Waals surface area contributed by atoms with Crippen LogP contribution in [0, 0.1) is 0 Å². The molecule has 25 heavy (non-hydrogen) atoms. The van der Waals surface area contributed by atoms with Gasteiger partial charge in [-0.2, -0.15) is 0 Å². The molecule has 1 aliphatic rings. The van der Waals surface area contributed by atoms with E-state index in [-0.39, 0.29) is 17.7 Å². The lowest BCUT2D eigenvalue weighted by atomic mass is 9.97. The van der Waals surface area contributed by atoms with E-state index in [0.29, 0.717) is 21.7 Å². The average Bonchev–Trinajstić information content (AvgIpc) is 2.63. The lowest BCUT2D eigenvalue weighted by molar-refractivity contribution is 0.0908. The third-order valence-electron chi connectivity index (χ3n) is 4.58. The third-order valence-corrected chi connectivity index (χ3v) is 4.83. The highest BCUT2D eigenvalue weighted by Crippen LogP contribution is 2.18. The number of hydrogen-bond acceptors (Lipinski definition) is 3. The van der Waals surface area contributed by atoms with E-state index in [1.54, 1.807) is 48.5 Å². The summed E-state index contributed by atoms with van der Waals surface area (Å²) in [7, 11) is 2.08. The lowest BCUT2D eigenvalue weighted by Crippen LogP contribution is -2.43. The van der Waals surface area contributed by atoms with E-state index in [4.69, 9.17) is 11.6 Å². The zero-order chi connectivity index (χ0) is 17.8. The normalized spacial score (nSPS) is 15.8. The van der Waals surface area contributed by atoms with Crippen LogP contribution in [0.3, 0.4) is 0 Å². The quantitative estimate of drug-likeness (QED) is 0.854. The summed E-state index contributed by atoms with van der Waals surface area (Å²) < 4.78 is 0. The van der Waals surface area contributed by atoms with Crippen molar-refractivity contribution in [1.29, 1.82) is 0 Å². The lowest BCUT2D eigenvalue weighted by Gasteiger charge is -2.29. The Balaban J connectivity index is 1.79. The molecule has 1 heterocycles. The Hall–Kier alpha value is -2.17. The van der Waals surface area contributed by atoms with Gasteiger partial charge in [0.05, 0.1) is 5.56 Å².